The number of ketones is 1. The monoisotopic (exact) mass is 543 g/mol. The van der Waals surface area contributed by atoms with E-state index >= 15 is 0 Å². The van der Waals surface area contributed by atoms with E-state index in [1.54, 1.807) is 30.3 Å². The fourth-order valence-electron chi connectivity index (χ4n) is 5.24. The highest BCUT2D eigenvalue weighted by Gasteiger charge is 2.64. The van der Waals surface area contributed by atoms with Crippen molar-refractivity contribution in [1.29, 1.82) is 0 Å². The van der Waals surface area contributed by atoms with E-state index in [0.29, 0.717) is 17.9 Å². The number of anilines is 2. The number of benzene rings is 2. The van der Waals surface area contributed by atoms with Crippen molar-refractivity contribution in [2.45, 2.75) is 38.7 Å². The predicted molar refractivity (Wildman–Crippen MR) is 132 cm³/mol. The highest BCUT2D eigenvalue weighted by Crippen LogP contribution is 2.47. The molecule has 2 saturated heterocycles. The average Bonchev–Trinajstić information content (AvgIpc) is 3.22. The molecule has 39 heavy (non-hydrogen) atoms. The third-order valence-corrected chi connectivity index (χ3v) is 6.73. The van der Waals surface area contributed by atoms with Gasteiger partial charge < -0.3 is 10.4 Å². The maximum Gasteiger partial charge on any atom is 0.490 e. The summed E-state index contributed by atoms with van der Waals surface area (Å²) in [4.78, 5) is 63.0. The van der Waals surface area contributed by atoms with Gasteiger partial charge in [-0.3, -0.25) is 24.1 Å². The summed E-state index contributed by atoms with van der Waals surface area (Å²) in [5, 5.41) is 9.79. The largest absolute Gasteiger partial charge is 0.490 e. The van der Waals surface area contributed by atoms with Crippen LogP contribution < -0.4 is 10.2 Å². The third-order valence-electron chi connectivity index (χ3n) is 6.73. The standard InChI is InChI=1S/C25H23N3O4.C2HF3O2/c1-14-4-3-5-16(12-14)13-27-19-10-11-20(30)23(27)22-21(19)24(31)28(25(22)32)18-8-6-17(7-9-18)26-15(2)29;3-2(4,5)1(6)7/h3-12,19,21-23H,13H2,1-2H3,(H,26,29);(H,6,7). The molecule has 12 heteroatoms. The second-order valence-electron chi connectivity index (χ2n) is 9.45. The van der Waals surface area contributed by atoms with Crippen LogP contribution in [0.5, 0.6) is 0 Å². The highest BCUT2D eigenvalue weighted by molar-refractivity contribution is 6.24. The number of halogens is 3. The Balaban J connectivity index is 0.000000448. The van der Waals surface area contributed by atoms with Gasteiger partial charge in [-0.2, -0.15) is 13.2 Å². The van der Waals surface area contributed by atoms with E-state index in [4.69, 9.17) is 9.90 Å². The molecule has 5 rings (SSSR count). The average molecular weight is 543 g/mol. The van der Waals surface area contributed by atoms with Gasteiger partial charge in [0.25, 0.3) is 0 Å². The van der Waals surface area contributed by atoms with Gasteiger partial charge in [0.15, 0.2) is 5.78 Å². The molecular weight excluding hydrogens is 519 g/mol. The first kappa shape index (κ1) is 27.7. The normalized spacial score (nSPS) is 23.8. The van der Waals surface area contributed by atoms with Crippen LogP contribution in [0.15, 0.2) is 60.7 Å². The first-order valence-corrected chi connectivity index (χ1v) is 11.9. The molecule has 0 saturated carbocycles. The Labute approximate surface area is 220 Å². The molecule has 0 radical (unpaired) electrons. The van der Waals surface area contributed by atoms with Crippen LogP contribution >= 0.6 is 0 Å². The first-order valence-electron chi connectivity index (χ1n) is 11.9. The van der Waals surface area contributed by atoms with Gasteiger partial charge in [0, 0.05) is 25.2 Å². The molecule has 2 bridgehead atoms. The minimum atomic E-state index is -5.08. The molecular formula is C27H24F3N3O6. The summed E-state index contributed by atoms with van der Waals surface area (Å²) in [7, 11) is 0. The summed E-state index contributed by atoms with van der Waals surface area (Å²) in [5.74, 6) is -5.00. The van der Waals surface area contributed by atoms with Crippen molar-refractivity contribution in [2.75, 3.05) is 10.2 Å². The summed E-state index contributed by atoms with van der Waals surface area (Å²) in [6.07, 6.45) is -1.79. The molecule has 3 heterocycles. The number of amides is 3. The number of carbonyl (C=O) groups is 5. The summed E-state index contributed by atoms with van der Waals surface area (Å²) in [6, 6.07) is 13.7. The van der Waals surface area contributed by atoms with E-state index in [9.17, 15) is 32.3 Å². The second-order valence-corrected chi connectivity index (χ2v) is 9.45. The van der Waals surface area contributed by atoms with Crippen molar-refractivity contribution in [1.82, 2.24) is 4.90 Å². The molecule has 2 fully saturated rings. The lowest BCUT2D eigenvalue weighted by Crippen LogP contribution is -2.48. The van der Waals surface area contributed by atoms with Gasteiger partial charge in [0.1, 0.15) is 0 Å². The number of imide groups is 1. The van der Waals surface area contributed by atoms with E-state index in [2.05, 4.69) is 11.4 Å². The van der Waals surface area contributed by atoms with Crippen molar-refractivity contribution >= 4 is 40.8 Å². The summed E-state index contributed by atoms with van der Waals surface area (Å²) >= 11 is 0. The van der Waals surface area contributed by atoms with Crippen molar-refractivity contribution in [3.05, 3.63) is 71.8 Å². The number of hydrogen-bond acceptors (Lipinski definition) is 6. The van der Waals surface area contributed by atoms with Gasteiger partial charge >= 0.3 is 12.1 Å². The van der Waals surface area contributed by atoms with Crippen LogP contribution in [0.1, 0.15) is 18.1 Å². The minimum Gasteiger partial charge on any atom is -0.475 e. The maximum atomic E-state index is 13.4. The van der Waals surface area contributed by atoms with Gasteiger partial charge in [-0.1, -0.05) is 35.9 Å². The molecule has 204 valence electrons. The molecule has 2 N–H and O–H groups in total. The molecule has 4 unspecified atom stereocenters. The molecule has 2 aromatic carbocycles. The van der Waals surface area contributed by atoms with E-state index in [1.165, 1.54) is 17.9 Å². The summed E-state index contributed by atoms with van der Waals surface area (Å²) in [6.45, 7) is 3.93. The van der Waals surface area contributed by atoms with Crippen LogP contribution in [0.2, 0.25) is 0 Å². The van der Waals surface area contributed by atoms with E-state index in [0.717, 1.165) is 11.1 Å². The highest BCUT2D eigenvalue weighted by atomic mass is 19.4. The summed E-state index contributed by atoms with van der Waals surface area (Å²) < 4.78 is 31.7. The molecule has 2 aromatic rings. The Morgan fingerprint density at radius 3 is 2.18 bits per heavy atom. The van der Waals surface area contributed by atoms with Crippen LogP contribution in [-0.2, 0) is 30.5 Å². The second kappa shape index (κ2) is 10.4. The van der Waals surface area contributed by atoms with Gasteiger partial charge in [-0.15, -0.1) is 0 Å². The van der Waals surface area contributed by atoms with Crippen molar-refractivity contribution in [3.8, 4) is 0 Å². The lowest BCUT2D eigenvalue weighted by Gasteiger charge is -2.33. The van der Waals surface area contributed by atoms with Crippen LogP contribution in [-0.4, -0.2) is 57.7 Å². The zero-order valence-electron chi connectivity index (χ0n) is 20.8. The summed E-state index contributed by atoms with van der Waals surface area (Å²) in [5.41, 5.74) is 3.20. The predicted octanol–water partition coefficient (Wildman–Crippen LogP) is 3.08. The maximum absolute atomic E-state index is 13.4. The Kier molecular flexibility index (Phi) is 7.42. The smallest absolute Gasteiger partial charge is 0.475 e. The number of rotatable bonds is 4. The quantitative estimate of drug-likeness (QED) is 0.568. The van der Waals surface area contributed by atoms with Crippen molar-refractivity contribution in [2.24, 2.45) is 11.8 Å². The fourth-order valence-corrected chi connectivity index (χ4v) is 5.24. The lowest BCUT2D eigenvalue weighted by atomic mass is 9.90. The Morgan fingerprint density at radius 1 is 1.00 bits per heavy atom. The SMILES string of the molecule is CC(=O)Nc1ccc(N2C(=O)C3C(C2=O)C2C(=O)C=CC3N2Cc2cccc(C)c2)cc1.O=C(O)C(F)(F)F. The Hall–Kier alpha value is -4.32. The number of aryl methyl sites for hydroxylation is 1. The number of carbonyl (C=O) groups excluding carboxylic acids is 4. The minimum absolute atomic E-state index is 0.134. The van der Waals surface area contributed by atoms with E-state index < -0.39 is 30.0 Å². The van der Waals surface area contributed by atoms with Gasteiger partial charge in [-0.05, 0) is 42.8 Å². The molecule has 0 aliphatic carbocycles. The molecule has 0 aromatic heterocycles. The Morgan fingerprint density at radius 2 is 1.62 bits per heavy atom. The van der Waals surface area contributed by atoms with Gasteiger partial charge in [-0.25, -0.2) is 9.69 Å². The molecule has 3 amide bonds. The molecule has 3 aliphatic heterocycles. The van der Waals surface area contributed by atoms with Crippen LogP contribution in [0, 0.1) is 18.8 Å². The van der Waals surface area contributed by atoms with Crippen molar-refractivity contribution in [3.63, 3.8) is 0 Å². The number of nitrogens with zero attached hydrogens (tertiary/aromatic N) is 2. The molecule has 0 spiro atoms. The number of hydrogen-bond donors (Lipinski definition) is 2. The molecule has 4 atom stereocenters. The third kappa shape index (κ3) is 5.46. The number of carboxylic acids is 1. The topological polar surface area (TPSA) is 124 Å². The van der Waals surface area contributed by atoms with Gasteiger partial charge in [0.2, 0.25) is 17.7 Å². The Bertz CT molecular complexity index is 1370. The number of aliphatic carboxylic acids is 1. The van der Waals surface area contributed by atoms with E-state index in [-0.39, 0.29) is 29.5 Å². The number of carboxylic acid groups (broad SMARTS) is 1. The zero-order chi connectivity index (χ0) is 28.6. The number of nitrogens with one attached hydrogen (secondary N) is 1. The van der Waals surface area contributed by atoms with E-state index in [1.807, 2.05) is 30.0 Å². The van der Waals surface area contributed by atoms with Gasteiger partial charge in [0.05, 0.1) is 23.6 Å². The first-order chi connectivity index (χ1) is 18.3. The fraction of sp³-hybridized carbons (Fsp3) is 0.296. The molecule has 9 nitrogen and oxygen atoms in total. The van der Waals surface area contributed by atoms with Crippen molar-refractivity contribution < 1.29 is 42.3 Å². The van der Waals surface area contributed by atoms with Crippen LogP contribution in [0.4, 0.5) is 24.5 Å². The lowest BCUT2D eigenvalue weighted by molar-refractivity contribution is -0.192. The molecule has 3 aliphatic rings. The van der Waals surface area contributed by atoms with Crippen LogP contribution in [0.25, 0.3) is 0 Å². The number of fused-ring (bicyclic) bond motifs is 5. The van der Waals surface area contributed by atoms with Crippen LogP contribution in [0.3, 0.4) is 0 Å². The zero-order valence-corrected chi connectivity index (χ0v) is 20.8. The number of alkyl halides is 3.